The molecule has 2 aromatic rings. The van der Waals surface area contributed by atoms with Gasteiger partial charge in [-0.2, -0.15) is 0 Å². The van der Waals surface area contributed by atoms with E-state index in [4.69, 9.17) is 5.73 Å². The normalized spacial score (nSPS) is 11.9. The van der Waals surface area contributed by atoms with Crippen LogP contribution >= 0.6 is 0 Å². The summed E-state index contributed by atoms with van der Waals surface area (Å²) in [6, 6.07) is 12.4. The molecule has 3 N–H and O–H groups in total. The van der Waals surface area contributed by atoms with Gasteiger partial charge in [-0.1, -0.05) is 18.2 Å². The van der Waals surface area contributed by atoms with Gasteiger partial charge in [0, 0.05) is 23.5 Å². The molecule has 0 saturated heterocycles. The number of carbonyl (C=O) groups excluding carboxylic acids is 1. The van der Waals surface area contributed by atoms with Crippen molar-refractivity contribution in [1.82, 2.24) is 4.98 Å². The summed E-state index contributed by atoms with van der Waals surface area (Å²) in [4.78, 5) is 16.1. The van der Waals surface area contributed by atoms with Gasteiger partial charge in [-0.25, -0.2) is 0 Å². The van der Waals surface area contributed by atoms with Crippen LogP contribution in [0.15, 0.2) is 48.7 Å². The van der Waals surface area contributed by atoms with Crippen LogP contribution in [0, 0.1) is 0 Å². The highest BCUT2D eigenvalue weighted by Crippen LogP contribution is 2.13. The summed E-state index contributed by atoms with van der Waals surface area (Å²) in [5, 5.41) is 2.82. The highest BCUT2D eigenvalue weighted by Gasteiger charge is 2.07. The van der Waals surface area contributed by atoms with Crippen LogP contribution in [0.5, 0.6) is 0 Å². The number of rotatable bonds is 3. The Morgan fingerprint density at radius 3 is 2.67 bits per heavy atom. The average molecular weight is 241 g/mol. The van der Waals surface area contributed by atoms with E-state index in [9.17, 15) is 4.79 Å². The number of amides is 1. The lowest BCUT2D eigenvalue weighted by Gasteiger charge is -2.08. The van der Waals surface area contributed by atoms with Crippen molar-refractivity contribution in [3.8, 4) is 0 Å². The van der Waals surface area contributed by atoms with Gasteiger partial charge in [-0.3, -0.25) is 9.78 Å². The van der Waals surface area contributed by atoms with E-state index in [0.29, 0.717) is 11.3 Å². The summed E-state index contributed by atoms with van der Waals surface area (Å²) in [6.45, 7) is 1.85. The van der Waals surface area contributed by atoms with Gasteiger partial charge in [-0.05, 0) is 31.2 Å². The summed E-state index contributed by atoms with van der Waals surface area (Å²) in [7, 11) is 0. The van der Waals surface area contributed by atoms with Gasteiger partial charge in [0.1, 0.15) is 0 Å². The Balaban J connectivity index is 2.15. The van der Waals surface area contributed by atoms with Crippen LogP contribution in [0.3, 0.4) is 0 Å². The summed E-state index contributed by atoms with van der Waals surface area (Å²) < 4.78 is 0. The minimum atomic E-state index is -0.154. The van der Waals surface area contributed by atoms with Crippen molar-refractivity contribution in [3.63, 3.8) is 0 Å². The van der Waals surface area contributed by atoms with E-state index in [2.05, 4.69) is 10.3 Å². The standard InChI is InChI=1S/C14H15N3O/c1-10(15)13-9-12(7-8-16-13)17-14(18)11-5-3-2-4-6-11/h2-10H,15H2,1H3,(H,16,17,18). The van der Waals surface area contributed by atoms with Gasteiger partial charge in [0.05, 0.1) is 5.69 Å². The molecule has 1 heterocycles. The molecule has 1 amide bonds. The Kier molecular flexibility index (Phi) is 3.69. The second-order valence-corrected chi connectivity index (χ2v) is 4.08. The summed E-state index contributed by atoms with van der Waals surface area (Å²) >= 11 is 0. The van der Waals surface area contributed by atoms with E-state index >= 15 is 0 Å². The van der Waals surface area contributed by atoms with Crippen LogP contribution in [-0.2, 0) is 0 Å². The van der Waals surface area contributed by atoms with Gasteiger partial charge in [0.15, 0.2) is 0 Å². The zero-order valence-corrected chi connectivity index (χ0v) is 10.1. The molecule has 2 rings (SSSR count). The molecule has 1 aromatic heterocycles. The number of aromatic nitrogens is 1. The van der Waals surface area contributed by atoms with E-state index in [1.165, 1.54) is 0 Å². The molecule has 0 aliphatic heterocycles. The molecule has 0 radical (unpaired) electrons. The van der Waals surface area contributed by atoms with Crippen molar-refractivity contribution in [2.45, 2.75) is 13.0 Å². The molecular formula is C14H15N3O. The number of hydrogen-bond donors (Lipinski definition) is 2. The number of anilines is 1. The fourth-order valence-electron chi connectivity index (χ4n) is 1.57. The predicted molar refractivity (Wildman–Crippen MR) is 71.2 cm³/mol. The van der Waals surface area contributed by atoms with Crippen molar-refractivity contribution < 1.29 is 4.79 Å². The maximum atomic E-state index is 11.9. The topological polar surface area (TPSA) is 68.0 Å². The lowest BCUT2D eigenvalue weighted by atomic mass is 10.2. The van der Waals surface area contributed by atoms with Crippen molar-refractivity contribution in [2.24, 2.45) is 5.73 Å². The van der Waals surface area contributed by atoms with E-state index < -0.39 is 0 Å². The molecule has 4 nitrogen and oxygen atoms in total. The molecule has 4 heteroatoms. The molecule has 0 aliphatic carbocycles. The van der Waals surface area contributed by atoms with Gasteiger partial charge in [-0.15, -0.1) is 0 Å². The Hall–Kier alpha value is -2.20. The zero-order valence-electron chi connectivity index (χ0n) is 10.1. The zero-order chi connectivity index (χ0) is 13.0. The molecule has 0 bridgehead atoms. The van der Waals surface area contributed by atoms with Crippen molar-refractivity contribution in [2.75, 3.05) is 5.32 Å². The monoisotopic (exact) mass is 241 g/mol. The van der Waals surface area contributed by atoms with E-state index in [1.807, 2.05) is 25.1 Å². The summed E-state index contributed by atoms with van der Waals surface area (Å²) in [6.07, 6.45) is 1.64. The predicted octanol–water partition coefficient (Wildman–Crippen LogP) is 2.35. The minimum Gasteiger partial charge on any atom is -0.323 e. The SMILES string of the molecule is CC(N)c1cc(NC(=O)c2ccccc2)ccn1. The Morgan fingerprint density at radius 1 is 1.28 bits per heavy atom. The van der Waals surface area contributed by atoms with Gasteiger partial charge in [0.2, 0.25) is 0 Å². The van der Waals surface area contributed by atoms with E-state index in [0.717, 1.165) is 5.69 Å². The Labute approximate surface area is 106 Å². The number of carbonyl (C=O) groups is 1. The maximum absolute atomic E-state index is 11.9. The third kappa shape index (κ3) is 2.93. The molecule has 92 valence electrons. The lowest BCUT2D eigenvalue weighted by molar-refractivity contribution is 0.102. The van der Waals surface area contributed by atoms with Crippen LogP contribution in [0.1, 0.15) is 29.0 Å². The van der Waals surface area contributed by atoms with Gasteiger partial charge >= 0.3 is 0 Å². The first kappa shape index (κ1) is 12.3. The first-order chi connectivity index (χ1) is 8.66. The van der Waals surface area contributed by atoms with Gasteiger partial charge in [0.25, 0.3) is 5.91 Å². The van der Waals surface area contributed by atoms with Gasteiger partial charge < -0.3 is 11.1 Å². The number of benzene rings is 1. The quantitative estimate of drug-likeness (QED) is 0.866. The minimum absolute atomic E-state index is 0.141. The number of nitrogens with two attached hydrogens (primary N) is 1. The molecule has 0 fully saturated rings. The molecule has 18 heavy (non-hydrogen) atoms. The Morgan fingerprint density at radius 2 is 2.00 bits per heavy atom. The number of nitrogens with one attached hydrogen (secondary N) is 1. The highest BCUT2D eigenvalue weighted by atomic mass is 16.1. The number of pyridine rings is 1. The highest BCUT2D eigenvalue weighted by molar-refractivity contribution is 6.04. The fraction of sp³-hybridized carbons (Fsp3) is 0.143. The molecule has 1 aromatic carbocycles. The van der Waals surface area contributed by atoms with Crippen LogP contribution in [0.2, 0.25) is 0 Å². The maximum Gasteiger partial charge on any atom is 0.255 e. The van der Waals surface area contributed by atoms with Crippen LogP contribution < -0.4 is 11.1 Å². The second kappa shape index (κ2) is 5.42. The summed E-state index contributed by atoms with van der Waals surface area (Å²) in [5.41, 5.74) is 7.82. The van der Waals surface area contributed by atoms with Crippen molar-refractivity contribution >= 4 is 11.6 Å². The third-order valence-electron chi connectivity index (χ3n) is 2.54. The third-order valence-corrected chi connectivity index (χ3v) is 2.54. The lowest BCUT2D eigenvalue weighted by Crippen LogP contribution is -2.13. The van der Waals surface area contributed by atoms with Crippen molar-refractivity contribution in [1.29, 1.82) is 0 Å². The largest absolute Gasteiger partial charge is 0.323 e. The summed E-state index contributed by atoms with van der Waals surface area (Å²) in [5.74, 6) is -0.141. The molecule has 0 saturated carbocycles. The first-order valence-corrected chi connectivity index (χ1v) is 5.75. The first-order valence-electron chi connectivity index (χ1n) is 5.75. The Bertz CT molecular complexity index is 538. The van der Waals surface area contributed by atoms with Crippen LogP contribution in [0.25, 0.3) is 0 Å². The molecular weight excluding hydrogens is 226 g/mol. The average Bonchev–Trinajstić information content (AvgIpc) is 2.40. The van der Waals surface area contributed by atoms with E-state index in [1.54, 1.807) is 30.5 Å². The van der Waals surface area contributed by atoms with Crippen molar-refractivity contribution in [3.05, 3.63) is 59.9 Å². The molecule has 1 unspecified atom stereocenters. The van der Waals surface area contributed by atoms with E-state index in [-0.39, 0.29) is 11.9 Å². The van der Waals surface area contributed by atoms with Crippen LogP contribution in [-0.4, -0.2) is 10.9 Å². The molecule has 0 aliphatic rings. The molecule has 0 spiro atoms. The fourth-order valence-corrected chi connectivity index (χ4v) is 1.57. The van der Waals surface area contributed by atoms with Crippen LogP contribution in [0.4, 0.5) is 5.69 Å². The molecule has 1 atom stereocenters. The number of hydrogen-bond acceptors (Lipinski definition) is 3. The smallest absolute Gasteiger partial charge is 0.255 e. The number of nitrogens with zero attached hydrogens (tertiary/aromatic N) is 1. The second-order valence-electron chi connectivity index (χ2n) is 4.08.